The standard InChI is InChI=1S/C18H18N4O3S/c1-11(23)13-7-4-5-8-14(13)19-17(24)12(2)26-18-21-20-16(22(18)3)15-9-6-10-25-15/h4-10,12H,1-3H3,(H,19,24)/t12-/m0/s1. The molecule has 1 amide bonds. The Hall–Kier alpha value is -2.87. The fourth-order valence-corrected chi connectivity index (χ4v) is 3.20. The van der Waals surface area contributed by atoms with Gasteiger partial charge in [0.05, 0.1) is 17.2 Å². The Morgan fingerprint density at radius 1 is 1.19 bits per heavy atom. The molecule has 0 fully saturated rings. The Labute approximate surface area is 154 Å². The molecule has 0 aliphatic heterocycles. The van der Waals surface area contributed by atoms with Crippen LogP contribution >= 0.6 is 11.8 Å². The van der Waals surface area contributed by atoms with E-state index in [1.165, 1.54) is 18.7 Å². The summed E-state index contributed by atoms with van der Waals surface area (Å²) in [4.78, 5) is 24.2. The molecule has 0 spiro atoms. The lowest BCUT2D eigenvalue weighted by Gasteiger charge is -2.13. The van der Waals surface area contributed by atoms with Crippen molar-refractivity contribution in [3.63, 3.8) is 0 Å². The van der Waals surface area contributed by atoms with Crippen molar-refractivity contribution in [2.75, 3.05) is 5.32 Å². The van der Waals surface area contributed by atoms with Crippen molar-refractivity contribution >= 4 is 29.1 Å². The number of anilines is 1. The number of nitrogens with one attached hydrogen (secondary N) is 1. The Bertz CT molecular complexity index is 934. The third kappa shape index (κ3) is 3.70. The molecular formula is C18H18N4O3S. The summed E-state index contributed by atoms with van der Waals surface area (Å²) >= 11 is 1.28. The highest BCUT2D eigenvalue weighted by atomic mass is 32.2. The van der Waals surface area contributed by atoms with Crippen LogP contribution in [0.1, 0.15) is 24.2 Å². The van der Waals surface area contributed by atoms with Crippen molar-refractivity contribution in [2.45, 2.75) is 24.3 Å². The maximum absolute atomic E-state index is 12.5. The number of para-hydroxylation sites is 1. The number of ketones is 1. The van der Waals surface area contributed by atoms with Crippen LogP contribution in [0.15, 0.2) is 52.2 Å². The largest absolute Gasteiger partial charge is 0.461 e. The number of rotatable bonds is 6. The molecule has 2 heterocycles. The molecule has 1 N–H and O–H groups in total. The zero-order chi connectivity index (χ0) is 18.7. The van der Waals surface area contributed by atoms with E-state index in [9.17, 15) is 9.59 Å². The Kier molecular flexibility index (Phi) is 5.22. The molecule has 8 heteroatoms. The first-order valence-electron chi connectivity index (χ1n) is 7.98. The fourth-order valence-electron chi connectivity index (χ4n) is 2.38. The maximum Gasteiger partial charge on any atom is 0.237 e. The molecule has 1 atom stereocenters. The highest BCUT2D eigenvalue weighted by molar-refractivity contribution is 8.00. The summed E-state index contributed by atoms with van der Waals surface area (Å²) in [6.07, 6.45) is 1.57. The number of benzene rings is 1. The van der Waals surface area contributed by atoms with Gasteiger partial charge in [-0.15, -0.1) is 10.2 Å². The molecular weight excluding hydrogens is 352 g/mol. The van der Waals surface area contributed by atoms with Gasteiger partial charge >= 0.3 is 0 Å². The van der Waals surface area contributed by atoms with Gasteiger partial charge in [0.15, 0.2) is 22.5 Å². The number of hydrogen-bond donors (Lipinski definition) is 1. The molecule has 26 heavy (non-hydrogen) atoms. The van der Waals surface area contributed by atoms with Crippen LogP contribution in [-0.2, 0) is 11.8 Å². The van der Waals surface area contributed by atoms with Crippen LogP contribution in [0.2, 0.25) is 0 Å². The molecule has 0 radical (unpaired) electrons. The average molecular weight is 370 g/mol. The third-order valence-electron chi connectivity index (χ3n) is 3.79. The lowest BCUT2D eigenvalue weighted by molar-refractivity contribution is -0.115. The molecule has 0 aliphatic carbocycles. The van der Waals surface area contributed by atoms with Crippen LogP contribution in [0.3, 0.4) is 0 Å². The third-order valence-corrected chi connectivity index (χ3v) is 4.93. The molecule has 7 nitrogen and oxygen atoms in total. The van der Waals surface area contributed by atoms with Crippen LogP contribution in [0.25, 0.3) is 11.6 Å². The number of carbonyl (C=O) groups is 2. The normalized spacial score (nSPS) is 12.0. The number of thioether (sulfide) groups is 1. The van der Waals surface area contributed by atoms with Gasteiger partial charge in [0.25, 0.3) is 0 Å². The van der Waals surface area contributed by atoms with Gasteiger partial charge < -0.3 is 14.3 Å². The van der Waals surface area contributed by atoms with E-state index in [4.69, 9.17) is 4.42 Å². The quantitative estimate of drug-likeness (QED) is 0.528. The average Bonchev–Trinajstić information content (AvgIpc) is 3.25. The maximum atomic E-state index is 12.5. The first-order valence-corrected chi connectivity index (χ1v) is 8.86. The highest BCUT2D eigenvalue weighted by Crippen LogP contribution is 2.27. The van der Waals surface area contributed by atoms with Crippen LogP contribution in [0, 0.1) is 0 Å². The molecule has 0 saturated carbocycles. The highest BCUT2D eigenvalue weighted by Gasteiger charge is 2.21. The number of nitrogens with zero attached hydrogens (tertiary/aromatic N) is 3. The van der Waals surface area contributed by atoms with Gasteiger partial charge in [0.1, 0.15) is 0 Å². The van der Waals surface area contributed by atoms with Gasteiger partial charge in [0.2, 0.25) is 5.91 Å². The van der Waals surface area contributed by atoms with E-state index in [0.717, 1.165) is 0 Å². The van der Waals surface area contributed by atoms with Gasteiger partial charge in [-0.25, -0.2) is 0 Å². The Morgan fingerprint density at radius 3 is 2.65 bits per heavy atom. The Morgan fingerprint density at radius 2 is 1.96 bits per heavy atom. The Balaban J connectivity index is 1.72. The number of Topliss-reactive ketones (excluding diaryl/α,β-unsaturated/α-hetero) is 1. The van der Waals surface area contributed by atoms with Crippen molar-refractivity contribution in [1.82, 2.24) is 14.8 Å². The molecule has 0 aliphatic rings. The van der Waals surface area contributed by atoms with Crippen molar-refractivity contribution in [3.05, 3.63) is 48.2 Å². The summed E-state index contributed by atoms with van der Waals surface area (Å²) in [6.45, 7) is 3.25. The first-order chi connectivity index (χ1) is 12.5. The SMILES string of the molecule is CC(=O)c1ccccc1NC(=O)[C@H](C)Sc1nnc(-c2ccco2)n1C. The van der Waals surface area contributed by atoms with Gasteiger partial charge in [-0.2, -0.15) is 0 Å². The van der Waals surface area contributed by atoms with Gasteiger partial charge in [-0.05, 0) is 38.1 Å². The van der Waals surface area contributed by atoms with Crippen molar-refractivity contribution in [1.29, 1.82) is 0 Å². The van der Waals surface area contributed by atoms with E-state index in [2.05, 4.69) is 15.5 Å². The lowest BCUT2D eigenvalue weighted by atomic mass is 10.1. The minimum Gasteiger partial charge on any atom is -0.461 e. The summed E-state index contributed by atoms with van der Waals surface area (Å²) in [6, 6.07) is 10.5. The van der Waals surface area contributed by atoms with Crippen LogP contribution in [0.5, 0.6) is 0 Å². The molecule has 0 saturated heterocycles. The minimum atomic E-state index is -0.428. The second kappa shape index (κ2) is 7.57. The smallest absolute Gasteiger partial charge is 0.237 e. The topological polar surface area (TPSA) is 90.0 Å². The van der Waals surface area contributed by atoms with E-state index in [-0.39, 0.29) is 11.7 Å². The number of carbonyl (C=O) groups excluding carboxylic acids is 2. The van der Waals surface area contributed by atoms with E-state index in [1.54, 1.807) is 54.2 Å². The number of aromatic nitrogens is 3. The van der Waals surface area contributed by atoms with Crippen LogP contribution < -0.4 is 5.32 Å². The molecule has 2 aromatic heterocycles. The number of amides is 1. The predicted octanol–water partition coefficient (Wildman–Crippen LogP) is 3.40. The van der Waals surface area contributed by atoms with E-state index in [0.29, 0.717) is 28.0 Å². The zero-order valence-electron chi connectivity index (χ0n) is 14.6. The number of hydrogen-bond acceptors (Lipinski definition) is 6. The van der Waals surface area contributed by atoms with E-state index >= 15 is 0 Å². The molecule has 3 rings (SSSR count). The van der Waals surface area contributed by atoms with E-state index < -0.39 is 5.25 Å². The van der Waals surface area contributed by atoms with Crippen molar-refractivity contribution < 1.29 is 14.0 Å². The molecule has 0 unspecified atom stereocenters. The molecule has 0 bridgehead atoms. The van der Waals surface area contributed by atoms with Gasteiger partial charge in [-0.3, -0.25) is 9.59 Å². The second-order valence-corrected chi connectivity index (χ2v) is 7.00. The van der Waals surface area contributed by atoms with Crippen LogP contribution in [0.4, 0.5) is 5.69 Å². The first kappa shape index (κ1) is 17.9. The summed E-state index contributed by atoms with van der Waals surface area (Å²) in [5, 5.41) is 11.2. The lowest BCUT2D eigenvalue weighted by Crippen LogP contribution is -2.23. The van der Waals surface area contributed by atoms with E-state index in [1.807, 2.05) is 7.05 Å². The summed E-state index contributed by atoms with van der Waals surface area (Å²) in [7, 11) is 1.82. The van der Waals surface area contributed by atoms with Crippen molar-refractivity contribution in [2.24, 2.45) is 7.05 Å². The van der Waals surface area contributed by atoms with Gasteiger partial charge in [-0.1, -0.05) is 23.9 Å². The monoisotopic (exact) mass is 370 g/mol. The summed E-state index contributed by atoms with van der Waals surface area (Å²) in [5.41, 5.74) is 0.989. The summed E-state index contributed by atoms with van der Waals surface area (Å²) < 4.78 is 7.11. The van der Waals surface area contributed by atoms with Gasteiger partial charge in [0, 0.05) is 12.6 Å². The molecule has 1 aromatic carbocycles. The van der Waals surface area contributed by atoms with Crippen molar-refractivity contribution in [3.8, 4) is 11.6 Å². The minimum absolute atomic E-state index is 0.0994. The molecule has 134 valence electrons. The molecule has 3 aromatic rings. The van der Waals surface area contributed by atoms with Crippen LogP contribution in [-0.4, -0.2) is 31.7 Å². The zero-order valence-corrected chi connectivity index (χ0v) is 15.4. The second-order valence-electron chi connectivity index (χ2n) is 5.69. The predicted molar refractivity (Wildman–Crippen MR) is 99.1 cm³/mol. The fraction of sp³-hybridized carbons (Fsp3) is 0.222. The number of furan rings is 1. The summed E-state index contributed by atoms with van der Waals surface area (Å²) in [5.74, 6) is 0.884.